The fourth-order valence-corrected chi connectivity index (χ4v) is 1.70. The predicted octanol–water partition coefficient (Wildman–Crippen LogP) is 1.72. The van der Waals surface area contributed by atoms with Gasteiger partial charge in [0.05, 0.1) is 0 Å². The van der Waals surface area contributed by atoms with E-state index < -0.39 is 0 Å². The number of hydrogen-bond donors (Lipinski definition) is 1. The maximum Gasteiger partial charge on any atom is 0.170 e. The second-order valence-electron chi connectivity index (χ2n) is 4.46. The zero-order valence-corrected chi connectivity index (χ0v) is 10.9. The van der Waals surface area contributed by atoms with E-state index in [0.29, 0.717) is 6.61 Å². The molecule has 0 fully saturated rings. The summed E-state index contributed by atoms with van der Waals surface area (Å²) in [5, 5.41) is 7.78. The highest BCUT2D eigenvalue weighted by Gasteiger charge is 2.06. The first kappa shape index (κ1) is 12.6. The van der Waals surface area contributed by atoms with Crippen LogP contribution in [-0.4, -0.2) is 14.8 Å². The standard InChI is InChI=1S/C13H18N4O/c1-9-6-11(10(2)14)4-5-12(9)18-7-13-16-15-8-17(13)3/h4-6,8,10H,7,14H2,1-3H3/t10-/m1/s1. The Balaban J connectivity index is 2.08. The van der Waals surface area contributed by atoms with Gasteiger partial charge in [-0.1, -0.05) is 12.1 Å². The Labute approximate surface area is 107 Å². The van der Waals surface area contributed by atoms with Crippen molar-refractivity contribution in [2.24, 2.45) is 12.8 Å². The first-order chi connectivity index (χ1) is 8.58. The summed E-state index contributed by atoms with van der Waals surface area (Å²) < 4.78 is 7.57. The molecule has 0 unspecified atom stereocenters. The summed E-state index contributed by atoms with van der Waals surface area (Å²) in [6, 6.07) is 6.03. The molecule has 0 radical (unpaired) electrons. The lowest BCUT2D eigenvalue weighted by atomic mass is 10.1. The monoisotopic (exact) mass is 246 g/mol. The second kappa shape index (κ2) is 5.18. The Morgan fingerprint density at radius 2 is 2.22 bits per heavy atom. The van der Waals surface area contributed by atoms with Crippen LogP contribution in [0, 0.1) is 6.92 Å². The molecule has 1 aromatic carbocycles. The third kappa shape index (κ3) is 2.68. The molecule has 0 aliphatic carbocycles. The van der Waals surface area contributed by atoms with Gasteiger partial charge in [-0.2, -0.15) is 0 Å². The molecule has 2 aromatic rings. The molecule has 18 heavy (non-hydrogen) atoms. The summed E-state index contributed by atoms with van der Waals surface area (Å²) in [5.41, 5.74) is 8.03. The van der Waals surface area contributed by atoms with E-state index in [9.17, 15) is 0 Å². The zero-order chi connectivity index (χ0) is 13.1. The van der Waals surface area contributed by atoms with Crippen molar-refractivity contribution >= 4 is 0 Å². The molecular formula is C13H18N4O. The van der Waals surface area contributed by atoms with E-state index in [0.717, 1.165) is 22.7 Å². The number of ether oxygens (including phenoxy) is 1. The van der Waals surface area contributed by atoms with Gasteiger partial charge in [0, 0.05) is 13.1 Å². The van der Waals surface area contributed by atoms with Gasteiger partial charge in [-0.05, 0) is 31.0 Å². The molecule has 5 heteroatoms. The Bertz CT molecular complexity index is 534. The molecule has 0 aliphatic rings. The quantitative estimate of drug-likeness (QED) is 0.892. The molecular weight excluding hydrogens is 228 g/mol. The highest BCUT2D eigenvalue weighted by molar-refractivity contribution is 5.37. The van der Waals surface area contributed by atoms with Gasteiger partial charge in [-0.25, -0.2) is 0 Å². The summed E-state index contributed by atoms with van der Waals surface area (Å²) in [6.45, 7) is 4.39. The van der Waals surface area contributed by atoms with E-state index in [4.69, 9.17) is 10.5 Å². The Morgan fingerprint density at radius 3 is 2.78 bits per heavy atom. The van der Waals surface area contributed by atoms with Crippen molar-refractivity contribution in [3.8, 4) is 5.75 Å². The number of rotatable bonds is 4. The van der Waals surface area contributed by atoms with E-state index in [1.165, 1.54) is 0 Å². The van der Waals surface area contributed by atoms with Crippen molar-refractivity contribution in [3.63, 3.8) is 0 Å². The van der Waals surface area contributed by atoms with Gasteiger partial charge in [0.15, 0.2) is 5.82 Å². The maximum atomic E-state index is 5.84. The van der Waals surface area contributed by atoms with Gasteiger partial charge >= 0.3 is 0 Å². The van der Waals surface area contributed by atoms with Crippen molar-refractivity contribution in [1.82, 2.24) is 14.8 Å². The van der Waals surface area contributed by atoms with Gasteiger partial charge < -0.3 is 15.0 Å². The largest absolute Gasteiger partial charge is 0.485 e. The number of nitrogens with two attached hydrogens (primary N) is 1. The topological polar surface area (TPSA) is 66.0 Å². The number of benzene rings is 1. The van der Waals surface area contributed by atoms with Gasteiger partial charge in [-0.15, -0.1) is 10.2 Å². The number of aryl methyl sites for hydroxylation is 2. The summed E-state index contributed by atoms with van der Waals surface area (Å²) in [7, 11) is 1.89. The molecule has 1 heterocycles. The molecule has 0 saturated carbocycles. The Kier molecular flexibility index (Phi) is 3.62. The van der Waals surface area contributed by atoms with Crippen LogP contribution in [0.15, 0.2) is 24.5 Å². The fourth-order valence-electron chi connectivity index (χ4n) is 1.70. The first-order valence-corrected chi connectivity index (χ1v) is 5.89. The molecule has 0 saturated heterocycles. The van der Waals surface area contributed by atoms with Crippen LogP contribution in [0.1, 0.15) is 29.9 Å². The highest BCUT2D eigenvalue weighted by atomic mass is 16.5. The maximum absolute atomic E-state index is 5.84. The van der Waals surface area contributed by atoms with Crippen LogP contribution in [0.2, 0.25) is 0 Å². The molecule has 0 amide bonds. The average Bonchev–Trinajstić information content (AvgIpc) is 2.73. The van der Waals surface area contributed by atoms with E-state index in [2.05, 4.69) is 16.3 Å². The van der Waals surface area contributed by atoms with Crippen molar-refractivity contribution in [2.75, 3.05) is 0 Å². The average molecular weight is 246 g/mol. The Morgan fingerprint density at radius 1 is 1.44 bits per heavy atom. The van der Waals surface area contributed by atoms with Crippen LogP contribution in [0.4, 0.5) is 0 Å². The van der Waals surface area contributed by atoms with Crippen molar-refractivity contribution < 1.29 is 4.74 Å². The molecule has 0 spiro atoms. The number of aromatic nitrogens is 3. The lowest BCUT2D eigenvalue weighted by Gasteiger charge is -2.12. The minimum Gasteiger partial charge on any atom is -0.485 e. The molecule has 2 rings (SSSR count). The SMILES string of the molecule is Cc1cc([C@@H](C)N)ccc1OCc1nncn1C. The fraction of sp³-hybridized carbons (Fsp3) is 0.385. The zero-order valence-electron chi connectivity index (χ0n) is 10.9. The smallest absolute Gasteiger partial charge is 0.170 e. The van der Waals surface area contributed by atoms with Crippen LogP contribution in [0.5, 0.6) is 5.75 Å². The lowest BCUT2D eigenvalue weighted by molar-refractivity contribution is 0.289. The molecule has 96 valence electrons. The molecule has 1 aromatic heterocycles. The van der Waals surface area contributed by atoms with Crippen LogP contribution in [0.3, 0.4) is 0 Å². The first-order valence-electron chi connectivity index (χ1n) is 5.89. The lowest BCUT2D eigenvalue weighted by Crippen LogP contribution is -2.06. The van der Waals surface area contributed by atoms with Crippen molar-refractivity contribution in [1.29, 1.82) is 0 Å². The van der Waals surface area contributed by atoms with Crippen LogP contribution in [-0.2, 0) is 13.7 Å². The normalized spacial score (nSPS) is 12.4. The summed E-state index contributed by atoms with van der Waals surface area (Å²) in [5.74, 6) is 1.65. The summed E-state index contributed by atoms with van der Waals surface area (Å²) in [6.07, 6.45) is 1.66. The molecule has 0 bridgehead atoms. The van der Waals surface area contributed by atoms with Crippen LogP contribution >= 0.6 is 0 Å². The van der Waals surface area contributed by atoms with Gasteiger partial charge in [0.2, 0.25) is 0 Å². The molecule has 5 nitrogen and oxygen atoms in total. The Hall–Kier alpha value is -1.88. The van der Waals surface area contributed by atoms with Crippen molar-refractivity contribution in [3.05, 3.63) is 41.5 Å². The third-order valence-corrected chi connectivity index (χ3v) is 2.89. The van der Waals surface area contributed by atoms with Crippen LogP contribution < -0.4 is 10.5 Å². The third-order valence-electron chi connectivity index (χ3n) is 2.89. The molecule has 0 aliphatic heterocycles. The highest BCUT2D eigenvalue weighted by Crippen LogP contribution is 2.22. The summed E-state index contributed by atoms with van der Waals surface area (Å²) in [4.78, 5) is 0. The molecule has 2 N–H and O–H groups in total. The second-order valence-corrected chi connectivity index (χ2v) is 4.46. The van der Waals surface area contributed by atoms with E-state index in [1.54, 1.807) is 6.33 Å². The van der Waals surface area contributed by atoms with Gasteiger partial charge in [0.1, 0.15) is 18.7 Å². The number of nitrogens with zero attached hydrogens (tertiary/aromatic N) is 3. The minimum absolute atomic E-state index is 0.0384. The predicted molar refractivity (Wildman–Crippen MR) is 69.1 cm³/mol. The van der Waals surface area contributed by atoms with E-state index >= 15 is 0 Å². The van der Waals surface area contributed by atoms with Crippen LogP contribution in [0.25, 0.3) is 0 Å². The van der Waals surface area contributed by atoms with Gasteiger partial charge in [0.25, 0.3) is 0 Å². The van der Waals surface area contributed by atoms with E-state index in [-0.39, 0.29) is 6.04 Å². The van der Waals surface area contributed by atoms with E-state index in [1.807, 2.05) is 37.6 Å². The van der Waals surface area contributed by atoms with Gasteiger partial charge in [-0.3, -0.25) is 0 Å². The number of hydrogen-bond acceptors (Lipinski definition) is 4. The van der Waals surface area contributed by atoms with Crippen molar-refractivity contribution in [2.45, 2.75) is 26.5 Å². The minimum atomic E-state index is 0.0384. The molecule has 1 atom stereocenters. The summed E-state index contributed by atoms with van der Waals surface area (Å²) >= 11 is 0.